The number of benzene rings is 2. The van der Waals surface area contributed by atoms with E-state index in [1.54, 1.807) is 12.1 Å². The van der Waals surface area contributed by atoms with Crippen molar-refractivity contribution in [2.45, 2.75) is 13.0 Å². The zero-order chi connectivity index (χ0) is 16.0. The zero-order valence-corrected chi connectivity index (χ0v) is 12.6. The first-order valence-electron chi connectivity index (χ1n) is 7.49. The van der Waals surface area contributed by atoms with Gasteiger partial charge in [-0.05, 0) is 47.9 Å². The highest BCUT2D eigenvalue weighted by molar-refractivity contribution is 5.85. The van der Waals surface area contributed by atoms with Crippen molar-refractivity contribution in [3.8, 4) is 5.69 Å². The highest BCUT2D eigenvalue weighted by Crippen LogP contribution is 2.37. The van der Waals surface area contributed by atoms with E-state index in [9.17, 15) is 9.90 Å². The van der Waals surface area contributed by atoms with E-state index in [1.807, 2.05) is 24.4 Å². The summed E-state index contributed by atoms with van der Waals surface area (Å²) in [5.41, 5.74) is 5.72. The van der Waals surface area contributed by atoms with E-state index >= 15 is 0 Å². The summed E-state index contributed by atoms with van der Waals surface area (Å²) >= 11 is 0. The molecule has 0 spiro atoms. The number of fused-ring (bicyclic) bond motifs is 3. The summed E-state index contributed by atoms with van der Waals surface area (Å²) in [7, 11) is 0. The van der Waals surface area contributed by atoms with Gasteiger partial charge < -0.3 is 19.8 Å². The van der Waals surface area contributed by atoms with Gasteiger partial charge in [-0.1, -0.05) is 30.3 Å². The van der Waals surface area contributed by atoms with Crippen molar-refractivity contribution in [2.24, 2.45) is 0 Å². The third-order valence-corrected chi connectivity index (χ3v) is 4.27. The standard InChI is InChI=1S/C19H16N2O2/c1-12-4-9-16-15(11-12)20-18(17-3-2-10-21(16)17)13-5-7-14(8-6-13)19(22)23/h2-11,18,20H,1H3,(H,22,23)/p-1/t18-/m1/s1. The van der Waals surface area contributed by atoms with Crippen LogP contribution in [0.2, 0.25) is 0 Å². The third kappa shape index (κ3) is 2.19. The van der Waals surface area contributed by atoms with Crippen molar-refractivity contribution >= 4 is 11.7 Å². The second-order valence-corrected chi connectivity index (χ2v) is 5.81. The van der Waals surface area contributed by atoms with Gasteiger partial charge in [0.25, 0.3) is 0 Å². The largest absolute Gasteiger partial charge is 0.545 e. The summed E-state index contributed by atoms with van der Waals surface area (Å²) < 4.78 is 2.17. The van der Waals surface area contributed by atoms with Crippen LogP contribution in [0.25, 0.3) is 5.69 Å². The number of rotatable bonds is 2. The molecule has 1 aromatic heterocycles. The van der Waals surface area contributed by atoms with Crippen molar-refractivity contribution < 1.29 is 9.90 Å². The summed E-state index contributed by atoms with van der Waals surface area (Å²) in [6, 6.07) is 17.3. The molecular weight excluding hydrogens is 288 g/mol. The average Bonchev–Trinajstić information content (AvgIpc) is 3.03. The molecule has 23 heavy (non-hydrogen) atoms. The van der Waals surface area contributed by atoms with E-state index < -0.39 is 5.97 Å². The molecule has 2 aromatic carbocycles. The zero-order valence-electron chi connectivity index (χ0n) is 12.6. The normalized spacial score (nSPS) is 15.4. The number of carbonyl (C=O) groups excluding carboxylic acids is 1. The fourth-order valence-electron chi connectivity index (χ4n) is 3.12. The van der Waals surface area contributed by atoms with Crippen molar-refractivity contribution in [1.82, 2.24) is 4.57 Å². The Hall–Kier alpha value is -3.01. The molecular formula is C19H15N2O2-. The van der Waals surface area contributed by atoms with Crippen LogP contribution in [0.5, 0.6) is 0 Å². The van der Waals surface area contributed by atoms with E-state index in [2.05, 4.69) is 41.1 Å². The highest BCUT2D eigenvalue weighted by Gasteiger charge is 2.24. The van der Waals surface area contributed by atoms with E-state index in [4.69, 9.17) is 0 Å². The molecule has 0 saturated heterocycles. The molecule has 4 rings (SSSR count). The summed E-state index contributed by atoms with van der Waals surface area (Å²) in [5, 5.41) is 14.5. The first kappa shape index (κ1) is 13.6. The minimum Gasteiger partial charge on any atom is -0.545 e. The number of anilines is 1. The number of nitrogens with zero attached hydrogens (tertiary/aromatic N) is 1. The number of carboxylic acid groups (broad SMARTS) is 1. The quantitative estimate of drug-likeness (QED) is 0.792. The lowest BCUT2D eigenvalue weighted by molar-refractivity contribution is -0.255. The molecule has 0 amide bonds. The predicted molar refractivity (Wildman–Crippen MR) is 86.7 cm³/mol. The molecule has 2 heterocycles. The third-order valence-electron chi connectivity index (χ3n) is 4.27. The summed E-state index contributed by atoms with van der Waals surface area (Å²) in [6.07, 6.45) is 2.05. The molecule has 0 unspecified atom stereocenters. The average molecular weight is 303 g/mol. The minimum atomic E-state index is -1.16. The molecule has 4 nitrogen and oxygen atoms in total. The topological polar surface area (TPSA) is 57.1 Å². The number of carboxylic acids is 1. The van der Waals surface area contributed by atoms with Gasteiger partial charge in [0.05, 0.1) is 23.4 Å². The maximum absolute atomic E-state index is 10.9. The lowest BCUT2D eigenvalue weighted by Gasteiger charge is -2.30. The first-order chi connectivity index (χ1) is 11.1. The molecule has 0 radical (unpaired) electrons. The van der Waals surface area contributed by atoms with Gasteiger partial charge in [0.2, 0.25) is 0 Å². The Balaban J connectivity index is 1.80. The predicted octanol–water partition coefficient (Wildman–Crippen LogP) is 2.66. The second-order valence-electron chi connectivity index (χ2n) is 5.81. The Morgan fingerprint density at radius 1 is 1.13 bits per heavy atom. The fraction of sp³-hybridized carbons (Fsp3) is 0.105. The number of hydrogen-bond donors (Lipinski definition) is 1. The molecule has 0 saturated carbocycles. The van der Waals surface area contributed by atoms with Crippen LogP contribution < -0.4 is 10.4 Å². The van der Waals surface area contributed by atoms with Crippen LogP contribution in [0.1, 0.15) is 33.2 Å². The molecule has 1 atom stereocenters. The monoisotopic (exact) mass is 303 g/mol. The molecule has 4 heteroatoms. The summed E-state index contributed by atoms with van der Waals surface area (Å²) in [5.74, 6) is -1.16. The molecule has 1 N–H and O–H groups in total. The lowest BCUT2D eigenvalue weighted by atomic mass is 9.99. The van der Waals surface area contributed by atoms with E-state index in [0.29, 0.717) is 0 Å². The smallest absolute Gasteiger partial charge is 0.0924 e. The van der Waals surface area contributed by atoms with Gasteiger partial charge in [-0.15, -0.1) is 0 Å². The van der Waals surface area contributed by atoms with Gasteiger partial charge in [0.15, 0.2) is 0 Å². The van der Waals surface area contributed by atoms with Crippen LogP contribution in [0.4, 0.5) is 5.69 Å². The number of aromatic carboxylic acids is 1. The number of aryl methyl sites for hydroxylation is 1. The highest BCUT2D eigenvalue weighted by atomic mass is 16.4. The maximum Gasteiger partial charge on any atom is 0.0924 e. The van der Waals surface area contributed by atoms with Crippen molar-refractivity contribution in [3.05, 3.63) is 83.2 Å². The van der Waals surface area contributed by atoms with E-state index in [1.165, 1.54) is 5.56 Å². The van der Waals surface area contributed by atoms with Gasteiger partial charge in [0.1, 0.15) is 0 Å². The molecule has 1 aliphatic rings. The Kier molecular flexibility index (Phi) is 2.98. The van der Waals surface area contributed by atoms with Crippen LogP contribution in [0, 0.1) is 6.92 Å². The van der Waals surface area contributed by atoms with Crippen molar-refractivity contribution in [1.29, 1.82) is 0 Å². The van der Waals surface area contributed by atoms with Gasteiger partial charge in [-0.2, -0.15) is 0 Å². The van der Waals surface area contributed by atoms with Crippen LogP contribution >= 0.6 is 0 Å². The SMILES string of the molecule is Cc1ccc2c(c1)N[C@H](c1ccc(C(=O)[O-])cc1)c1cccn1-2. The molecule has 1 aliphatic heterocycles. The first-order valence-corrected chi connectivity index (χ1v) is 7.49. The Labute approximate surface area is 134 Å². The molecule has 0 aliphatic carbocycles. The molecule has 0 bridgehead atoms. The Morgan fingerprint density at radius 2 is 1.91 bits per heavy atom. The molecule has 114 valence electrons. The number of nitrogens with one attached hydrogen (secondary N) is 1. The Morgan fingerprint density at radius 3 is 2.65 bits per heavy atom. The minimum absolute atomic E-state index is 0.0184. The summed E-state index contributed by atoms with van der Waals surface area (Å²) in [6.45, 7) is 2.07. The van der Waals surface area contributed by atoms with Crippen LogP contribution in [-0.4, -0.2) is 10.5 Å². The van der Waals surface area contributed by atoms with Gasteiger partial charge >= 0.3 is 0 Å². The fourth-order valence-corrected chi connectivity index (χ4v) is 3.12. The van der Waals surface area contributed by atoms with Crippen molar-refractivity contribution in [2.75, 3.05) is 5.32 Å². The lowest BCUT2D eigenvalue weighted by Crippen LogP contribution is -2.23. The number of aromatic nitrogens is 1. The van der Waals surface area contributed by atoms with Crippen molar-refractivity contribution in [3.63, 3.8) is 0 Å². The number of carbonyl (C=O) groups is 1. The maximum atomic E-state index is 10.9. The van der Waals surface area contributed by atoms with Gasteiger partial charge in [0, 0.05) is 11.9 Å². The van der Waals surface area contributed by atoms with Crippen LogP contribution in [0.15, 0.2) is 60.8 Å². The van der Waals surface area contributed by atoms with E-state index in [0.717, 1.165) is 22.6 Å². The number of hydrogen-bond acceptors (Lipinski definition) is 3. The summed E-state index contributed by atoms with van der Waals surface area (Å²) in [4.78, 5) is 10.9. The van der Waals surface area contributed by atoms with Crippen LogP contribution in [-0.2, 0) is 0 Å². The van der Waals surface area contributed by atoms with Crippen LogP contribution in [0.3, 0.4) is 0 Å². The molecule has 0 fully saturated rings. The van der Waals surface area contributed by atoms with Gasteiger partial charge in [-0.3, -0.25) is 0 Å². The van der Waals surface area contributed by atoms with Gasteiger partial charge in [-0.25, -0.2) is 0 Å². The van der Waals surface area contributed by atoms with E-state index in [-0.39, 0.29) is 11.6 Å². The molecule has 3 aromatic rings. The Bertz CT molecular complexity index is 894. The second kappa shape index (κ2) is 5.02.